The van der Waals surface area contributed by atoms with E-state index in [-0.39, 0.29) is 51.2 Å². The number of hydrogen-bond donors (Lipinski definition) is 0. The number of carbonyl (C=O) groups is 4. The van der Waals surface area contributed by atoms with Gasteiger partial charge in [0.1, 0.15) is 26.4 Å². The molecule has 0 amide bonds. The van der Waals surface area contributed by atoms with Crippen molar-refractivity contribution in [3.8, 4) is 0 Å². The van der Waals surface area contributed by atoms with Crippen LogP contribution < -0.4 is 0 Å². The van der Waals surface area contributed by atoms with Crippen LogP contribution in [0.3, 0.4) is 0 Å². The molecule has 0 aromatic rings. The van der Waals surface area contributed by atoms with Crippen molar-refractivity contribution >= 4 is 24.9 Å². The molecular weight excluding hydrogens is 408 g/mol. The van der Waals surface area contributed by atoms with Crippen LogP contribution in [-0.4, -0.2) is 100 Å². The highest BCUT2D eigenvalue weighted by molar-refractivity contribution is 5.70. The highest BCUT2D eigenvalue weighted by Crippen LogP contribution is 2.10. The normalized spacial score (nSPS) is 11.8. The largest absolute Gasteiger partial charge is 0.464 e. The van der Waals surface area contributed by atoms with E-state index in [1.165, 1.54) is 0 Å². The fraction of sp³-hybridized carbons (Fsp3) is 0.810. The van der Waals surface area contributed by atoms with Gasteiger partial charge in [-0.25, -0.2) is 0 Å². The van der Waals surface area contributed by atoms with Crippen LogP contribution in [0.2, 0.25) is 0 Å². The van der Waals surface area contributed by atoms with Gasteiger partial charge in [0.15, 0.2) is 0 Å². The third-order valence-corrected chi connectivity index (χ3v) is 4.78. The molecule has 0 aromatic heterocycles. The average molecular weight is 447 g/mol. The van der Waals surface area contributed by atoms with Crippen LogP contribution in [0.4, 0.5) is 0 Å². The first-order valence-corrected chi connectivity index (χ1v) is 10.8. The summed E-state index contributed by atoms with van der Waals surface area (Å²) in [6.07, 6.45) is 3.35. The zero-order valence-electron chi connectivity index (χ0n) is 19.1. The first-order chi connectivity index (χ1) is 15.0. The van der Waals surface area contributed by atoms with E-state index in [4.69, 9.17) is 9.47 Å². The number of ether oxygens (including phenoxy) is 4. The van der Waals surface area contributed by atoms with Crippen LogP contribution in [0.1, 0.15) is 46.0 Å². The van der Waals surface area contributed by atoms with E-state index in [0.717, 1.165) is 32.4 Å². The van der Waals surface area contributed by atoms with E-state index >= 15 is 0 Å². The summed E-state index contributed by atoms with van der Waals surface area (Å²) in [6, 6.07) is 0.419. The Bertz CT molecular complexity index is 472. The summed E-state index contributed by atoms with van der Waals surface area (Å²) in [7, 11) is 2.11. The summed E-state index contributed by atoms with van der Waals surface area (Å²) in [4.78, 5) is 48.4. The van der Waals surface area contributed by atoms with E-state index in [9.17, 15) is 19.2 Å². The number of rotatable bonds is 21. The van der Waals surface area contributed by atoms with Crippen LogP contribution in [0.15, 0.2) is 0 Å². The highest BCUT2D eigenvalue weighted by Gasteiger charge is 2.17. The molecule has 0 N–H and O–H groups in total. The van der Waals surface area contributed by atoms with Gasteiger partial charge in [0, 0.05) is 19.1 Å². The Morgan fingerprint density at radius 2 is 1.32 bits per heavy atom. The third kappa shape index (κ3) is 16.2. The summed E-state index contributed by atoms with van der Waals surface area (Å²) >= 11 is 0. The standard InChI is InChI=1S/C21H38N2O8/c1-4-9-22(3)19(5-2)6-10-23(11-7-20(26)30-15-13-28-17-24)12-8-21(27)31-16-14-29-18-25/h17-19H,4-16H2,1-3H3. The van der Waals surface area contributed by atoms with Crippen LogP contribution in [0, 0.1) is 0 Å². The third-order valence-electron chi connectivity index (χ3n) is 4.78. The minimum atomic E-state index is -0.386. The van der Waals surface area contributed by atoms with Crippen molar-refractivity contribution in [2.45, 2.75) is 52.0 Å². The second-order valence-electron chi connectivity index (χ2n) is 7.05. The first kappa shape index (κ1) is 28.8. The molecule has 1 unspecified atom stereocenters. The van der Waals surface area contributed by atoms with E-state index in [1.807, 2.05) is 0 Å². The lowest BCUT2D eigenvalue weighted by Gasteiger charge is -2.30. The molecule has 0 aliphatic heterocycles. The van der Waals surface area contributed by atoms with Gasteiger partial charge in [-0.1, -0.05) is 13.8 Å². The monoisotopic (exact) mass is 446 g/mol. The van der Waals surface area contributed by atoms with Gasteiger partial charge in [0.25, 0.3) is 12.9 Å². The molecule has 0 fully saturated rings. The van der Waals surface area contributed by atoms with Gasteiger partial charge in [-0.05, 0) is 39.4 Å². The van der Waals surface area contributed by atoms with Gasteiger partial charge in [0.2, 0.25) is 0 Å². The lowest BCUT2D eigenvalue weighted by Crippen LogP contribution is -2.37. The molecule has 0 saturated carbocycles. The molecule has 0 rings (SSSR count). The lowest BCUT2D eigenvalue weighted by molar-refractivity contribution is -0.148. The van der Waals surface area contributed by atoms with Gasteiger partial charge < -0.3 is 28.7 Å². The van der Waals surface area contributed by atoms with Crippen molar-refractivity contribution in [1.29, 1.82) is 0 Å². The minimum Gasteiger partial charge on any atom is -0.464 e. The van der Waals surface area contributed by atoms with Gasteiger partial charge in [0.05, 0.1) is 12.8 Å². The van der Waals surface area contributed by atoms with Gasteiger partial charge >= 0.3 is 11.9 Å². The van der Waals surface area contributed by atoms with E-state index in [0.29, 0.717) is 32.1 Å². The molecule has 180 valence electrons. The summed E-state index contributed by atoms with van der Waals surface area (Å²) < 4.78 is 19.0. The lowest BCUT2D eigenvalue weighted by atomic mass is 10.1. The Morgan fingerprint density at radius 3 is 1.74 bits per heavy atom. The predicted molar refractivity (Wildman–Crippen MR) is 113 cm³/mol. The van der Waals surface area contributed by atoms with E-state index in [2.05, 4.69) is 40.2 Å². The van der Waals surface area contributed by atoms with Crippen LogP contribution >= 0.6 is 0 Å². The molecule has 10 heteroatoms. The van der Waals surface area contributed by atoms with Crippen LogP contribution in [-0.2, 0) is 38.1 Å². The fourth-order valence-electron chi connectivity index (χ4n) is 3.09. The Labute approximate surface area is 185 Å². The maximum atomic E-state index is 11.9. The van der Waals surface area contributed by atoms with Crippen molar-refractivity contribution in [2.24, 2.45) is 0 Å². The topological polar surface area (TPSA) is 112 Å². The van der Waals surface area contributed by atoms with Crippen molar-refractivity contribution in [3.63, 3.8) is 0 Å². The minimum absolute atomic E-state index is 0.0203. The number of carbonyl (C=O) groups excluding carboxylic acids is 4. The molecule has 0 aliphatic carbocycles. The maximum Gasteiger partial charge on any atom is 0.307 e. The molecule has 0 heterocycles. The first-order valence-electron chi connectivity index (χ1n) is 10.8. The molecule has 0 aliphatic rings. The Balaban J connectivity index is 4.58. The smallest absolute Gasteiger partial charge is 0.307 e. The molecule has 1 atom stereocenters. The molecule has 0 radical (unpaired) electrons. The fourth-order valence-corrected chi connectivity index (χ4v) is 3.09. The molecule has 0 aromatic carbocycles. The summed E-state index contributed by atoms with van der Waals surface area (Å²) in [5, 5.41) is 0. The molecule has 10 nitrogen and oxygen atoms in total. The van der Waals surface area contributed by atoms with Crippen LogP contribution in [0.25, 0.3) is 0 Å². The number of nitrogens with zero attached hydrogens (tertiary/aromatic N) is 2. The van der Waals surface area contributed by atoms with Crippen molar-refractivity contribution in [2.75, 3.05) is 59.7 Å². The zero-order chi connectivity index (χ0) is 23.3. The predicted octanol–water partition coefficient (Wildman–Crippen LogP) is 1.01. The van der Waals surface area contributed by atoms with Crippen LogP contribution in [0.5, 0.6) is 0 Å². The molecular formula is C21H38N2O8. The molecule has 0 bridgehead atoms. The summed E-state index contributed by atoms with van der Waals surface area (Å²) in [5.74, 6) is -0.772. The van der Waals surface area contributed by atoms with Gasteiger partial charge in [-0.15, -0.1) is 0 Å². The van der Waals surface area contributed by atoms with Crippen molar-refractivity contribution in [1.82, 2.24) is 9.80 Å². The molecule has 0 spiro atoms. The Kier molecular flexibility index (Phi) is 18.3. The maximum absolute atomic E-state index is 11.9. The molecule has 0 saturated heterocycles. The zero-order valence-corrected chi connectivity index (χ0v) is 19.1. The SMILES string of the molecule is CCCN(C)C(CC)CCN(CCC(=O)OCCOC=O)CCC(=O)OCCOC=O. The second kappa shape index (κ2) is 19.7. The number of hydrogen-bond acceptors (Lipinski definition) is 10. The van der Waals surface area contributed by atoms with E-state index in [1.54, 1.807) is 0 Å². The molecule has 31 heavy (non-hydrogen) atoms. The second-order valence-corrected chi connectivity index (χ2v) is 7.05. The van der Waals surface area contributed by atoms with Crippen molar-refractivity contribution in [3.05, 3.63) is 0 Å². The Hall–Kier alpha value is -2.20. The highest BCUT2D eigenvalue weighted by atomic mass is 16.6. The summed E-state index contributed by atoms with van der Waals surface area (Å²) in [5.41, 5.74) is 0. The number of esters is 2. The van der Waals surface area contributed by atoms with E-state index < -0.39 is 0 Å². The quantitative estimate of drug-likeness (QED) is 0.110. The van der Waals surface area contributed by atoms with Crippen molar-refractivity contribution < 1.29 is 38.1 Å². The average Bonchev–Trinajstić information content (AvgIpc) is 2.76. The summed E-state index contributed by atoms with van der Waals surface area (Å²) in [6.45, 7) is 7.65. The van der Waals surface area contributed by atoms with Gasteiger partial charge in [-0.2, -0.15) is 0 Å². The Morgan fingerprint density at radius 1 is 0.806 bits per heavy atom. The van der Waals surface area contributed by atoms with Gasteiger partial charge in [-0.3, -0.25) is 19.2 Å².